The number of halogens is 4. The SMILES string of the molecule is Cc1cc(F)nc(-c2ccc(C(=O)O)c(Cl)n2)c1.O=C(O)c1ccc(Cl)nc1Cl. The van der Waals surface area contributed by atoms with Crippen molar-refractivity contribution < 1.29 is 24.2 Å². The van der Waals surface area contributed by atoms with Gasteiger partial charge in [-0.2, -0.15) is 4.39 Å². The highest BCUT2D eigenvalue weighted by molar-refractivity contribution is 6.34. The molecule has 3 heterocycles. The van der Waals surface area contributed by atoms with Crippen LogP contribution < -0.4 is 0 Å². The molecular weight excluding hydrogens is 448 g/mol. The summed E-state index contributed by atoms with van der Waals surface area (Å²) in [4.78, 5) is 32.3. The molecule has 3 aromatic heterocycles. The third kappa shape index (κ3) is 6.08. The van der Waals surface area contributed by atoms with Crippen LogP contribution in [-0.4, -0.2) is 37.1 Å². The standard InChI is InChI=1S/C12H8ClFN2O2.C6H3Cl2NO2/c1-6-4-9(15-10(14)5-6)8-3-2-7(12(17)18)11(13)16-8;7-4-2-1-3(6(10)11)5(8)9-4/h2-5H,1H3,(H,17,18);1-2H,(H,10,11). The maximum Gasteiger partial charge on any atom is 0.338 e. The van der Waals surface area contributed by atoms with E-state index in [0.29, 0.717) is 17.0 Å². The van der Waals surface area contributed by atoms with Gasteiger partial charge in [0.25, 0.3) is 0 Å². The smallest absolute Gasteiger partial charge is 0.338 e. The van der Waals surface area contributed by atoms with Gasteiger partial charge in [-0.1, -0.05) is 34.8 Å². The van der Waals surface area contributed by atoms with Gasteiger partial charge in [-0.3, -0.25) is 0 Å². The number of aromatic carboxylic acids is 2. The molecule has 3 aromatic rings. The Hall–Kier alpha value is -2.81. The molecule has 150 valence electrons. The first-order chi connectivity index (χ1) is 13.6. The highest BCUT2D eigenvalue weighted by Crippen LogP contribution is 2.21. The lowest BCUT2D eigenvalue weighted by molar-refractivity contribution is 0.0685. The Kier molecular flexibility index (Phi) is 7.44. The molecule has 29 heavy (non-hydrogen) atoms. The number of carbonyl (C=O) groups is 2. The summed E-state index contributed by atoms with van der Waals surface area (Å²) in [5, 5.41) is 17.2. The van der Waals surface area contributed by atoms with Gasteiger partial charge in [0.15, 0.2) is 0 Å². The summed E-state index contributed by atoms with van der Waals surface area (Å²) in [5.41, 5.74) is 1.18. The van der Waals surface area contributed by atoms with Crippen LogP contribution in [-0.2, 0) is 0 Å². The predicted octanol–water partition coefficient (Wildman–Crippen LogP) is 5.03. The van der Waals surface area contributed by atoms with Crippen molar-refractivity contribution in [2.75, 3.05) is 0 Å². The van der Waals surface area contributed by atoms with Gasteiger partial charge in [-0.15, -0.1) is 0 Å². The van der Waals surface area contributed by atoms with E-state index in [1.54, 1.807) is 13.0 Å². The lowest BCUT2D eigenvalue weighted by Gasteiger charge is -2.04. The van der Waals surface area contributed by atoms with Crippen LogP contribution in [0.2, 0.25) is 15.5 Å². The Labute approximate surface area is 178 Å². The number of hydrogen-bond acceptors (Lipinski definition) is 5. The van der Waals surface area contributed by atoms with Gasteiger partial charge in [0.1, 0.15) is 15.5 Å². The highest BCUT2D eigenvalue weighted by Gasteiger charge is 2.12. The molecule has 0 spiro atoms. The average molecular weight is 459 g/mol. The van der Waals surface area contributed by atoms with E-state index in [9.17, 15) is 14.0 Å². The summed E-state index contributed by atoms with van der Waals surface area (Å²) in [6, 6.07) is 8.36. The number of aryl methyl sites for hydroxylation is 1. The fourth-order valence-electron chi connectivity index (χ4n) is 2.06. The average Bonchev–Trinajstić information content (AvgIpc) is 2.60. The second kappa shape index (κ2) is 9.60. The van der Waals surface area contributed by atoms with Crippen LogP contribution in [0.25, 0.3) is 11.4 Å². The van der Waals surface area contributed by atoms with Gasteiger partial charge in [0.2, 0.25) is 5.95 Å². The van der Waals surface area contributed by atoms with Crippen LogP contribution in [0.5, 0.6) is 0 Å². The van der Waals surface area contributed by atoms with Gasteiger partial charge < -0.3 is 10.2 Å². The summed E-state index contributed by atoms with van der Waals surface area (Å²) >= 11 is 16.6. The number of hydrogen-bond donors (Lipinski definition) is 2. The Morgan fingerprint density at radius 2 is 1.38 bits per heavy atom. The molecule has 3 rings (SSSR count). The van der Waals surface area contributed by atoms with E-state index in [0.717, 1.165) is 0 Å². The molecule has 0 atom stereocenters. The van der Waals surface area contributed by atoms with Crippen LogP contribution in [0.1, 0.15) is 26.3 Å². The fourth-order valence-corrected chi connectivity index (χ4v) is 2.72. The molecule has 0 saturated heterocycles. The summed E-state index contributed by atoms with van der Waals surface area (Å²) in [6.07, 6.45) is 0. The second-order valence-corrected chi connectivity index (χ2v) is 6.57. The van der Waals surface area contributed by atoms with E-state index < -0.39 is 17.9 Å². The van der Waals surface area contributed by atoms with Crippen molar-refractivity contribution >= 4 is 46.7 Å². The van der Waals surface area contributed by atoms with Crippen LogP contribution in [0.3, 0.4) is 0 Å². The quantitative estimate of drug-likeness (QED) is 0.529. The lowest BCUT2D eigenvalue weighted by atomic mass is 10.2. The first kappa shape index (κ1) is 22.5. The Morgan fingerprint density at radius 3 is 1.86 bits per heavy atom. The molecule has 2 N–H and O–H groups in total. The molecule has 0 saturated carbocycles. The second-order valence-electron chi connectivity index (χ2n) is 5.47. The predicted molar refractivity (Wildman–Crippen MR) is 105 cm³/mol. The van der Waals surface area contributed by atoms with Crippen molar-refractivity contribution in [2.24, 2.45) is 0 Å². The van der Waals surface area contributed by atoms with E-state index in [4.69, 9.17) is 45.0 Å². The van der Waals surface area contributed by atoms with Gasteiger partial charge in [0, 0.05) is 0 Å². The van der Waals surface area contributed by atoms with Gasteiger partial charge in [0.05, 0.1) is 22.5 Å². The molecule has 0 amide bonds. The van der Waals surface area contributed by atoms with Crippen molar-refractivity contribution in [1.82, 2.24) is 15.0 Å². The molecule has 0 unspecified atom stereocenters. The number of pyridine rings is 3. The number of carboxylic acids is 2. The Morgan fingerprint density at radius 1 is 0.828 bits per heavy atom. The maximum absolute atomic E-state index is 13.2. The monoisotopic (exact) mass is 457 g/mol. The van der Waals surface area contributed by atoms with Crippen molar-refractivity contribution in [1.29, 1.82) is 0 Å². The zero-order chi connectivity index (χ0) is 21.7. The van der Waals surface area contributed by atoms with E-state index >= 15 is 0 Å². The number of carboxylic acid groups (broad SMARTS) is 2. The minimum atomic E-state index is -1.16. The molecule has 0 fully saturated rings. The molecule has 0 aliphatic heterocycles. The van der Waals surface area contributed by atoms with Gasteiger partial charge in [-0.25, -0.2) is 24.5 Å². The van der Waals surface area contributed by atoms with Crippen LogP contribution in [0.4, 0.5) is 4.39 Å². The molecule has 11 heteroatoms. The van der Waals surface area contributed by atoms with E-state index in [-0.39, 0.29) is 26.6 Å². The normalized spacial score (nSPS) is 10.1. The number of rotatable bonds is 3. The van der Waals surface area contributed by atoms with Crippen molar-refractivity contribution in [3.63, 3.8) is 0 Å². The molecular formula is C18H11Cl3FN3O4. The topological polar surface area (TPSA) is 113 Å². The van der Waals surface area contributed by atoms with Crippen LogP contribution in [0.15, 0.2) is 36.4 Å². The molecule has 0 bridgehead atoms. The van der Waals surface area contributed by atoms with Crippen molar-refractivity contribution in [3.8, 4) is 11.4 Å². The molecule has 7 nitrogen and oxygen atoms in total. The lowest BCUT2D eigenvalue weighted by Crippen LogP contribution is -2.00. The number of aromatic nitrogens is 3. The van der Waals surface area contributed by atoms with Crippen LogP contribution >= 0.6 is 34.8 Å². The molecule has 0 radical (unpaired) electrons. The third-order valence-corrected chi connectivity index (χ3v) is 4.11. The minimum absolute atomic E-state index is 0.0453. The molecule has 0 aliphatic rings. The van der Waals surface area contributed by atoms with E-state index in [2.05, 4.69) is 15.0 Å². The van der Waals surface area contributed by atoms with Gasteiger partial charge >= 0.3 is 11.9 Å². The zero-order valence-corrected chi connectivity index (χ0v) is 16.8. The maximum atomic E-state index is 13.2. The van der Waals surface area contributed by atoms with E-state index in [1.165, 1.54) is 30.3 Å². The van der Waals surface area contributed by atoms with Crippen molar-refractivity contribution in [2.45, 2.75) is 6.92 Å². The summed E-state index contributed by atoms with van der Waals surface area (Å²) in [7, 11) is 0. The summed E-state index contributed by atoms with van der Waals surface area (Å²) in [6.45, 7) is 1.72. The minimum Gasteiger partial charge on any atom is -0.478 e. The largest absolute Gasteiger partial charge is 0.478 e. The summed E-state index contributed by atoms with van der Waals surface area (Å²) < 4.78 is 13.2. The van der Waals surface area contributed by atoms with Crippen molar-refractivity contribution in [3.05, 3.63) is 74.5 Å². The fraction of sp³-hybridized carbons (Fsp3) is 0.0556. The van der Waals surface area contributed by atoms with E-state index in [1.807, 2.05) is 0 Å². The molecule has 0 aliphatic carbocycles. The molecule has 0 aromatic carbocycles. The first-order valence-electron chi connectivity index (χ1n) is 7.68. The highest BCUT2D eigenvalue weighted by atomic mass is 35.5. The third-order valence-electron chi connectivity index (χ3n) is 3.33. The Bertz CT molecular complexity index is 1080. The zero-order valence-electron chi connectivity index (χ0n) is 14.5. The first-order valence-corrected chi connectivity index (χ1v) is 8.81. The van der Waals surface area contributed by atoms with Gasteiger partial charge in [-0.05, 0) is 48.9 Å². The Balaban J connectivity index is 0.000000234. The summed E-state index contributed by atoms with van der Waals surface area (Å²) in [5.74, 6) is -2.90. The van der Waals surface area contributed by atoms with Crippen LogP contribution in [0, 0.1) is 12.9 Å². The number of nitrogens with zero attached hydrogens (tertiary/aromatic N) is 3.